The molecule has 0 aromatic heterocycles. The van der Waals surface area contributed by atoms with Gasteiger partial charge in [0.2, 0.25) is 0 Å². The van der Waals surface area contributed by atoms with Crippen LogP contribution in [-0.4, -0.2) is 48.2 Å². The highest BCUT2D eigenvalue weighted by Crippen LogP contribution is 2.24. The minimum absolute atomic E-state index is 0.242. The zero-order valence-corrected chi connectivity index (χ0v) is 13.7. The molecule has 0 aliphatic rings. The maximum Gasteiger partial charge on any atom is 0.323 e. The molecule has 2 atom stereocenters. The van der Waals surface area contributed by atoms with Gasteiger partial charge in [0.25, 0.3) is 0 Å². The number of carboxylic acids is 1. The van der Waals surface area contributed by atoms with Crippen molar-refractivity contribution < 1.29 is 9.90 Å². The van der Waals surface area contributed by atoms with Gasteiger partial charge in [-0.2, -0.15) is 0 Å². The van der Waals surface area contributed by atoms with E-state index < -0.39 is 11.5 Å². The lowest BCUT2D eigenvalue weighted by atomic mass is 9.86. The molecular weight excluding hydrogens is 240 g/mol. The molecule has 4 nitrogen and oxygen atoms in total. The molecule has 0 aliphatic heterocycles. The van der Waals surface area contributed by atoms with Crippen molar-refractivity contribution in [3.05, 3.63) is 0 Å². The fraction of sp³-hybridized carbons (Fsp3) is 0.933. The van der Waals surface area contributed by atoms with Crippen molar-refractivity contribution in [3.8, 4) is 0 Å². The highest BCUT2D eigenvalue weighted by molar-refractivity contribution is 5.78. The van der Waals surface area contributed by atoms with E-state index in [4.69, 9.17) is 0 Å². The van der Waals surface area contributed by atoms with E-state index in [1.807, 2.05) is 6.92 Å². The van der Waals surface area contributed by atoms with Crippen molar-refractivity contribution >= 4 is 5.97 Å². The van der Waals surface area contributed by atoms with Gasteiger partial charge in [-0.1, -0.05) is 27.7 Å². The normalized spacial score (nSPS) is 17.3. The Morgan fingerprint density at radius 1 is 1.37 bits per heavy atom. The van der Waals surface area contributed by atoms with Crippen molar-refractivity contribution in [1.82, 2.24) is 10.2 Å². The standard InChI is InChI=1S/C15H32N2O2/c1-8-15(16-6,13(18)19)10-9-11-17(7)12(2)14(3,4)5/h12,16H,8-11H2,1-7H3,(H,18,19). The summed E-state index contributed by atoms with van der Waals surface area (Å²) in [6.45, 7) is 11.8. The Balaban J connectivity index is 4.39. The SMILES string of the molecule is CCC(CCCN(C)C(C)C(C)(C)C)(NC)C(=O)O. The van der Waals surface area contributed by atoms with Crippen LogP contribution in [0.3, 0.4) is 0 Å². The number of hydrogen-bond donors (Lipinski definition) is 2. The Morgan fingerprint density at radius 3 is 2.21 bits per heavy atom. The zero-order valence-electron chi connectivity index (χ0n) is 13.7. The molecular formula is C15H32N2O2. The largest absolute Gasteiger partial charge is 0.480 e. The van der Waals surface area contributed by atoms with E-state index in [9.17, 15) is 9.90 Å². The van der Waals surface area contributed by atoms with Gasteiger partial charge >= 0.3 is 5.97 Å². The quantitative estimate of drug-likeness (QED) is 0.713. The van der Waals surface area contributed by atoms with Gasteiger partial charge in [-0.15, -0.1) is 0 Å². The summed E-state index contributed by atoms with van der Waals surface area (Å²) in [6.07, 6.45) is 2.16. The van der Waals surface area contributed by atoms with Crippen molar-refractivity contribution in [2.24, 2.45) is 5.41 Å². The molecule has 0 aliphatic carbocycles. The predicted octanol–water partition coefficient (Wildman–Crippen LogP) is 2.59. The Morgan fingerprint density at radius 2 is 1.89 bits per heavy atom. The van der Waals surface area contributed by atoms with E-state index in [1.54, 1.807) is 7.05 Å². The number of hydrogen-bond acceptors (Lipinski definition) is 3. The van der Waals surface area contributed by atoms with E-state index in [0.29, 0.717) is 18.9 Å². The topological polar surface area (TPSA) is 52.6 Å². The van der Waals surface area contributed by atoms with Gasteiger partial charge in [-0.05, 0) is 52.2 Å². The molecule has 0 aromatic carbocycles. The maximum atomic E-state index is 11.4. The average molecular weight is 272 g/mol. The summed E-state index contributed by atoms with van der Waals surface area (Å²) in [5.74, 6) is -0.746. The van der Waals surface area contributed by atoms with Crippen LogP contribution in [-0.2, 0) is 4.79 Å². The first-order valence-electron chi connectivity index (χ1n) is 7.23. The molecule has 2 N–H and O–H groups in total. The number of carbonyl (C=O) groups is 1. The lowest BCUT2D eigenvalue weighted by Gasteiger charge is -2.36. The van der Waals surface area contributed by atoms with E-state index in [-0.39, 0.29) is 5.41 Å². The number of nitrogens with zero attached hydrogens (tertiary/aromatic N) is 1. The summed E-state index contributed by atoms with van der Waals surface area (Å²) in [4.78, 5) is 13.7. The lowest BCUT2D eigenvalue weighted by Crippen LogP contribution is -2.50. The smallest absolute Gasteiger partial charge is 0.323 e. The molecule has 4 heteroatoms. The van der Waals surface area contributed by atoms with Gasteiger partial charge < -0.3 is 15.3 Å². The summed E-state index contributed by atoms with van der Waals surface area (Å²) in [5.41, 5.74) is -0.530. The number of nitrogens with one attached hydrogen (secondary N) is 1. The molecule has 0 spiro atoms. The minimum atomic E-state index is -0.772. The molecule has 0 bridgehead atoms. The molecule has 0 aromatic rings. The number of rotatable bonds is 8. The molecule has 2 unspecified atom stereocenters. The van der Waals surface area contributed by atoms with Gasteiger partial charge in [-0.25, -0.2) is 0 Å². The molecule has 0 radical (unpaired) electrons. The van der Waals surface area contributed by atoms with Crippen LogP contribution in [0.1, 0.15) is 53.9 Å². The zero-order chi connectivity index (χ0) is 15.3. The van der Waals surface area contributed by atoms with Crippen LogP contribution < -0.4 is 5.32 Å². The predicted molar refractivity (Wildman–Crippen MR) is 80.5 cm³/mol. The summed E-state index contributed by atoms with van der Waals surface area (Å²) >= 11 is 0. The molecule has 19 heavy (non-hydrogen) atoms. The second-order valence-corrected chi connectivity index (χ2v) is 6.62. The Bertz CT molecular complexity index is 280. The van der Waals surface area contributed by atoms with Gasteiger partial charge in [0.1, 0.15) is 5.54 Å². The summed E-state index contributed by atoms with van der Waals surface area (Å²) in [7, 11) is 3.85. The molecule has 0 saturated carbocycles. The Kier molecular flexibility index (Phi) is 7.01. The molecule has 0 fully saturated rings. The van der Waals surface area contributed by atoms with Gasteiger partial charge in [0.05, 0.1) is 0 Å². The second kappa shape index (κ2) is 7.25. The highest BCUT2D eigenvalue weighted by Gasteiger charge is 2.34. The third-order valence-corrected chi connectivity index (χ3v) is 4.52. The van der Waals surface area contributed by atoms with Gasteiger partial charge in [-0.3, -0.25) is 4.79 Å². The number of likely N-dealkylation sites (N-methyl/N-ethyl adjacent to an activating group) is 1. The highest BCUT2D eigenvalue weighted by atomic mass is 16.4. The van der Waals surface area contributed by atoms with Crippen LogP contribution in [0.2, 0.25) is 0 Å². The first kappa shape index (κ1) is 18.4. The van der Waals surface area contributed by atoms with Crippen LogP contribution in [0, 0.1) is 5.41 Å². The van der Waals surface area contributed by atoms with Crippen molar-refractivity contribution in [1.29, 1.82) is 0 Å². The fourth-order valence-electron chi connectivity index (χ4n) is 2.33. The van der Waals surface area contributed by atoms with Gasteiger partial charge in [0.15, 0.2) is 0 Å². The minimum Gasteiger partial charge on any atom is -0.480 e. The van der Waals surface area contributed by atoms with Crippen molar-refractivity contribution in [3.63, 3.8) is 0 Å². The van der Waals surface area contributed by atoms with Crippen LogP contribution in [0.5, 0.6) is 0 Å². The second-order valence-electron chi connectivity index (χ2n) is 6.62. The Labute approximate surface area is 118 Å². The van der Waals surface area contributed by atoms with Crippen LogP contribution >= 0.6 is 0 Å². The first-order valence-corrected chi connectivity index (χ1v) is 7.23. The number of carboxylic acid groups (broad SMARTS) is 1. The van der Waals surface area contributed by atoms with Crippen LogP contribution in [0.4, 0.5) is 0 Å². The Hall–Kier alpha value is -0.610. The maximum absolute atomic E-state index is 11.4. The summed E-state index contributed by atoms with van der Waals surface area (Å²) in [5, 5.41) is 12.3. The summed E-state index contributed by atoms with van der Waals surface area (Å²) in [6, 6.07) is 0.475. The van der Waals surface area contributed by atoms with Gasteiger partial charge in [0, 0.05) is 6.04 Å². The van der Waals surface area contributed by atoms with E-state index >= 15 is 0 Å². The average Bonchev–Trinajstić information content (AvgIpc) is 2.32. The molecule has 0 saturated heterocycles. The molecule has 0 amide bonds. The van der Waals surface area contributed by atoms with E-state index in [0.717, 1.165) is 13.0 Å². The molecule has 0 rings (SSSR count). The lowest BCUT2D eigenvalue weighted by molar-refractivity contribution is -0.145. The fourth-order valence-corrected chi connectivity index (χ4v) is 2.33. The molecule has 0 heterocycles. The van der Waals surface area contributed by atoms with E-state index in [2.05, 4.69) is 45.0 Å². The van der Waals surface area contributed by atoms with Crippen molar-refractivity contribution in [2.45, 2.75) is 65.5 Å². The number of aliphatic carboxylic acids is 1. The van der Waals surface area contributed by atoms with E-state index in [1.165, 1.54) is 0 Å². The third kappa shape index (κ3) is 5.11. The summed E-state index contributed by atoms with van der Waals surface area (Å²) < 4.78 is 0. The van der Waals surface area contributed by atoms with Crippen LogP contribution in [0.25, 0.3) is 0 Å². The van der Waals surface area contributed by atoms with Crippen molar-refractivity contribution in [2.75, 3.05) is 20.6 Å². The van der Waals surface area contributed by atoms with Crippen LogP contribution in [0.15, 0.2) is 0 Å². The third-order valence-electron chi connectivity index (χ3n) is 4.52. The first-order chi connectivity index (χ1) is 8.60. The molecule has 114 valence electrons. The monoisotopic (exact) mass is 272 g/mol.